The molecule has 9 heteroatoms. The van der Waals surface area contributed by atoms with Crippen molar-refractivity contribution in [3.8, 4) is 11.5 Å². The summed E-state index contributed by atoms with van der Waals surface area (Å²) in [6.45, 7) is 2.08. The molecule has 0 aliphatic rings. The number of ether oxygens (including phenoxy) is 3. The van der Waals surface area contributed by atoms with Crippen LogP contribution in [0.25, 0.3) is 6.08 Å². The average molecular weight is 547 g/mol. The molecular formula is C30H30N2O6S. The zero-order valence-electron chi connectivity index (χ0n) is 21.9. The highest BCUT2D eigenvalue weighted by atomic mass is 32.2. The van der Waals surface area contributed by atoms with Crippen molar-refractivity contribution in [1.82, 2.24) is 5.32 Å². The van der Waals surface area contributed by atoms with Crippen molar-refractivity contribution in [3.63, 3.8) is 0 Å². The fraction of sp³-hybridized carbons (Fsp3) is 0.167. The summed E-state index contributed by atoms with van der Waals surface area (Å²) >= 11 is 1.49. The number of amides is 2. The van der Waals surface area contributed by atoms with E-state index in [9.17, 15) is 14.4 Å². The van der Waals surface area contributed by atoms with Crippen molar-refractivity contribution in [2.24, 2.45) is 0 Å². The van der Waals surface area contributed by atoms with Gasteiger partial charge in [0.25, 0.3) is 11.8 Å². The van der Waals surface area contributed by atoms with E-state index >= 15 is 0 Å². The molecule has 0 bridgehead atoms. The summed E-state index contributed by atoms with van der Waals surface area (Å²) in [4.78, 5) is 38.6. The fourth-order valence-corrected chi connectivity index (χ4v) is 4.16. The van der Waals surface area contributed by atoms with E-state index in [0.717, 1.165) is 4.90 Å². The lowest BCUT2D eigenvalue weighted by Gasteiger charge is -2.13. The molecule has 0 spiro atoms. The summed E-state index contributed by atoms with van der Waals surface area (Å²) in [6.07, 6.45) is 4.68. The van der Waals surface area contributed by atoms with Gasteiger partial charge in [-0.3, -0.25) is 9.59 Å². The van der Waals surface area contributed by atoms with E-state index < -0.39 is 11.8 Å². The van der Waals surface area contributed by atoms with Crippen LogP contribution in [0.2, 0.25) is 0 Å². The zero-order chi connectivity index (χ0) is 28.0. The molecule has 202 valence electrons. The van der Waals surface area contributed by atoms with Gasteiger partial charge < -0.3 is 24.8 Å². The molecule has 8 nitrogen and oxygen atoms in total. The molecule has 0 saturated heterocycles. The van der Waals surface area contributed by atoms with E-state index in [4.69, 9.17) is 14.2 Å². The maximum atomic E-state index is 13.4. The third kappa shape index (κ3) is 9.08. The van der Waals surface area contributed by atoms with Crippen LogP contribution >= 0.6 is 11.8 Å². The molecule has 0 aliphatic carbocycles. The summed E-state index contributed by atoms with van der Waals surface area (Å²) in [5.41, 5.74) is 1.64. The molecule has 0 heterocycles. The summed E-state index contributed by atoms with van der Waals surface area (Å²) in [5, 5.41) is 5.58. The summed E-state index contributed by atoms with van der Waals surface area (Å²) < 4.78 is 15.5. The second-order valence-electron chi connectivity index (χ2n) is 7.94. The number of esters is 1. The SMILES string of the molecule is CCOC(=O)/C=C/CSc1cccc(NC(=O)/C(=C\c2ccc(OC)c(OC)c2)NC(=O)c2ccccc2)c1. The number of rotatable bonds is 12. The predicted molar refractivity (Wildman–Crippen MR) is 153 cm³/mol. The number of hydrogen-bond acceptors (Lipinski definition) is 7. The second-order valence-corrected chi connectivity index (χ2v) is 9.03. The van der Waals surface area contributed by atoms with E-state index in [1.54, 1.807) is 67.6 Å². The molecule has 0 unspecified atom stereocenters. The lowest BCUT2D eigenvalue weighted by molar-refractivity contribution is -0.137. The molecule has 0 saturated carbocycles. The summed E-state index contributed by atoms with van der Waals surface area (Å²) in [5.74, 6) is 0.273. The minimum absolute atomic E-state index is 0.0477. The highest BCUT2D eigenvalue weighted by molar-refractivity contribution is 7.99. The molecule has 0 radical (unpaired) electrons. The van der Waals surface area contributed by atoms with E-state index in [1.165, 1.54) is 32.1 Å². The molecule has 3 rings (SSSR count). The second kappa shape index (κ2) is 15.0. The number of carbonyl (C=O) groups excluding carboxylic acids is 3. The first-order valence-corrected chi connectivity index (χ1v) is 13.1. The Morgan fingerprint density at radius 3 is 2.38 bits per heavy atom. The molecule has 39 heavy (non-hydrogen) atoms. The third-order valence-corrected chi connectivity index (χ3v) is 6.17. The Labute approximate surface area is 232 Å². The third-order valence-electron chi connectivity index (χ3n) is 5.23. The van der Waals surface area contributed by atoms with Gasteiger partial charge in [-0.2, -0.15) is 0 Å². The standard InChI is InChI=1S/C30H30N2O6S/c1-4-38-28(33)14-9-17-39-24-13-8-12-23(20-24)31-30(35)25(32-29(34)22-10-6-5-7-11-22)18-21-15-16-26(36-2)27(19-21)37-3/h5-16,18-20H,4,17H2,1-3H3,(H,31,35)(H,32,34)/b14-9+,25-18+. The molecule has 0 fully saturated rings. The van der Waals surface area contributed by atoms with Gasteiger partial charge >= 0.3 is 5.97 Å². The Balaban J connectivity index is 1.80. The Hall–Kier alpha value is -4.50. The number of nitrogens with one attached hydrogen (secondary N) is 2. The Bertz CT molecular complexity index is 1350. The van der Waals surface area contributed by atoms with E-state index in [-0.39, 0.29) is 11.7 Å². The molecule has 0 aliphatic heterocycles. The van der Waals surface area contributed by atoms with Gasteiger partial charge in [0.15, 0.2) is 11.5 Å². The Morgan fingerprint density at radius 2 is 1.67 bits per heavy atom. The van der Waals surface area contributed by atoms with Crippen LogP contribution in [-0.4, -0.2) is 44.4 Å². The minimum atomic E-state index is -0.501. The minimum Gasteiger partial charge on any atom is -0.493 e. The van der Waals surface area contributed by atoms with E-state index in [0.29, 0.717) is 40.7 Å². The van der Waals surface area contributed by atoms with Crippen molar-refractivity contribution >= 4 is 41.3 Å². The number of benzene rings is 3. The summed E-state index contributed by atoms with van der Waals surface area (Å²) in [6, 6.07) is 21.1. The largest absolute Gasteiger partial charge is 0.493 e. The molecular weight excluding hydrogens is 516 g/mol. The van der Waals surface area contributed by atoms with Gasteiger partial charge in [0.05, 0.1) is 20.8 Å². The van der Waals surface area contributed by atoms with Crippen molar-refractivity contribution in [2.45, 2.75) is 11.8 Å². The maximum Gasteiger partial charge on any atom is 0.330 e. The molecule has 0 atom stereocenters. The van der Waals surface area contributed by atoms with Crippen LogP contribution in [0.15, 0.2) is 95.5 Å². The summed E-state index contributed by atoms with van der Waals surface area (Å²) in [7, 11) is 3.06. The molecule has 3 aromatic rings. The molecule has 2 N–H and O–H groups in total. The lowest BCUT2D eigenvalue weighted by atomic mass is 10.1. The van der Waals surface area contributed by atoms with Crippen molar-refractivity contribution in [1.29, 1.82) is 0 Å². The first kappa shape index (κ1) is 29.1. The van der Waals surface area contributed by atoms with Crippen LogP contribution in [0.3, 0.4) is 0 Å². The van der Waals surface area contributed by atoms with Crippen LogP contribution < -0.4 is 20.1 Å². The van der Waals surface area contributed by atoms with Gasteiger partial charge in [-0.05, 0) is 61.0 Å². The van der Waals surface area contributed by atoms with E-state index in [2.05, 4.69) is 10.6 Å². The molecule has 0 aromatic heterocycles. The molecule has 3 aromatic carbocycles. The van der Waals surface area contributed by atoms with Crippen LogP contribution in [-0.2, 0) is 14.3 Å². The Kier molecular flexibility index (Phi) is 11.2. The highest BCUT2D eigenvalue weighted by Gasteiger charge is 2.16. The van der Waals surface area contributed by atoms with Gasteiger partial charge in [-0.1, -0.05) is 36.4 Å². The van der Waals surface area contributed by atoms with Crippen molar-refractivity contribution in [3.05, 3.63) is 102 Å². The molecule has 2 amide bonds. The van der Waals surface area contributed by atoms with Gasteiger partial charge in [0.2, 0.25) is 0 Å². The first-order chi connectivity index (χ1) is 18.9. The monoisotopic (exact) mass is 546 g/mol. The zero-order valence-corrected chi connectivity index (χ0v) is 22.7. The topological polar surface area (TPSA) is 103 Å². The number of anilines is 1. The number of carbonyl (C=O) groups is 3. The normalized spacial score (nSPS) is 11.1. The Morgan fingerprint density at radius 1 is 0.897 bits per heavy atom. The predicted octanol–water partition coefficient (Wildman–Crippen LogP) is 5.32. The van der Waals surface area contributed by atoms with Crippen LogP contribution in [0.1, 0.15) is 22.8 Å². The smallest absolute Gasteiger partial charge is 0.330 e. The van der Waals surface area contributed by atoms with Gasteiger partial charge in [-0.15, -0.1) is 11.8 Å². The first-order valence-electron chi connectivity index (χ1n) is 12.1. The van der Waals surface area contributed by atoms with Gasteiger partial charge in [0, 0.05) is 28.0 Å². The van der Waals surface area contributed by atoms with Crippen molar-refractivity contribution < 1.29 is 28.6 Å². The van der Waals surface area contributed by atoms with Crippen molar-refractivity contribution in [2.75, 3.05) is 31.9 Å². The average Bonchev–Trinajstić information content (AvgIpc) is 2.95. The van der Waals surface area contributed by atoms with Crippen LogP contribution in [0.4, 0.5) is 5.69 Å². The number of methoxy groups -OCH3 is 2. The fourth-order valence-electron chi connectivity index (χ4n) is 3.39. The van der Waals surface area contributed by atoms with E-state index in [1.807, 2.05) is 24.3 Å². The van der Waals surface area contributed by atoms with Crippen LogP contribution in [0, 0.1) is 0 Å². The highest BCUT2D eigenvalue weighted by Crippen LogP contribution is 2.28. The number of hydrogen-bond donors (Lipinski definition) is 2. The van der Waals surface area contributed by atoms with Gasteiger partial charge in [0.1, 0.15) is 5.70 Å². The van der Waals surface area contributed by atoms with Gasteiger partial charge in [-0.25, -0.2) is 4.79 Å². The van der Waals surface area contributed by atoms with Crippen LogP contribution in [0.5, 0.6) is 11.5 Å². The number of thioether (sulfide) groups is 1. The maximum absolute atomic E-state index is 13.4. The quantitative estimate of drug-likeness (QED) is 0.180. The lowest BCUT2D eigenvalue weighted by Crippen LogP contribution is -2.30.